The highest BCUT2D eigenvalue weighted by Crippen LogP contribution is 2.66. The number of carbonyl (C=O) groups excluding carboxylic acids is 6. The Morgan fingerprint density at radius 2 is 1.79 bits per heavy atom. The highest BCUT2D eigenvalue weighted by molar-refractivity contribution is 5.95. The molecule has 7 unspecified atom stereocenters. The molecule has 12 nitrogen and oxygen atoms in total. The zero-order chi connectivity index (χ0) is 31.0. The lowest BCUT2D eigenvalue weighted by Gasteiger charge is -2.57. The third kappa shape index (κ3) is 5.65. The van der Waals surface area contributed by atoms with E-state index in [-0.39, 0.29) is 55.0 Å². The molecule has 0 aromatic rings. The van der Waals surface area contributed by atoms with Gasteiger partial charge in [-0.05, 0) is 61.9 Å². The Kier molecular flexibility index (Phi) is 8.78. The van der Waals surface area contributed by atoms with Crippen LogP contribution < -0.4 is 11.1 Å². The van der Waals surface area contributed by atoms with Crippen molar-refractivity contribution in [3.63, 3.8) is 0 Å². The second-order valence-corrected chi connectivity index (χ2v) is 12.8. The smallest absolute Gasteiger partial charge is 0.326 e. The number of hydrogen-bond donors (Lipinski definition) is 4. The fourth-order valence-electron chi connectivity index (χ4n) is 8.21. The van der Waals surface area contributed by atoms with E-state index in [4.69, 9.17) is 10.5 Å². The lowest BCUT2D eigenvalue weighted by Crippen LogP contribution is -2.61. The van der Waals surface area contributed by atoms with Gasteiger partial charge in [-0.3, -0.25) is 28.8 Å². The Balaban J connectivity index is 1.35. The molecule has 4 aliphatic carbocycles. The first kappa shape index (κ1) is 31.5. The van der Waals surface area contributed by atoms with Crippen molar-refractivity contribution in [2.24, 2.45) is 34.3 Å². The number of fused-ring (bicyclic) bond motifs is 5. The average molecular weight is 589 g/mol. The number of aliphatic hydroxyl groups is 1. The van der Waals surface area contributed by atoms with E-state index >= 15 is 0 Å². The summed E-state index contributed by atoms with van der Waals surface area (Å²) in [7, 11) is 0. The van der Waals surface area contributed by atoms with Crippen molar-refractivity contribution in [3.8, 4) is 0 Å². The molecule has 0 saturated heterocycles. The SMILES string of the molecule is CC12CCC(=O)C=C1CCC1C2C(=O)CC2(C)C1CCC2(O)C(=O)COC(=O)CCC(=O)NC(CCC(N)=O)C(=O)O. The molecule has 4 rings (SSSR count). The Morgan fingerprint density at radius 1 is 1.07 bits per heavy atom. The molecule has 0 radical (unpaired) electrons. The summed E-state index contributed by atoms with van der Waals surface area (Å²) < 4.78 is 5.09. The van der Waals surface area contributed by atoms with Crippen molar-refractivity contribution in [1.82, 2.24) is 5.32 Å². The van der Waals surface area contributed by atoms with Gasteiger partial charge in [0, 0.05) is 37.0 Å². The molecule has 0 heterocycles. The maximum Gasteiger partial charge on any atom is 0.326 e. The summed E-state index contributed by atoms with van der Waals surface area (Å²) in [5, 5.41) is 23.1. The van der Waals surface area contributed by atoms with Crippen LogP contribution in [0.2, 0.25) is 0 Å². The predicted octanol–water partition coefficient (Wildman–Crippen LogP) is 1.16. The van der Waals surface area contributed by atoms with E-state index in [0.717, 1.165) is 5.57 Å². The number of carboxylic acids is 1. The monoisotopic (exact) mass is 588 g/mol. The molecule has 3 fully saturated rings. The number of aliphatic carboxylic acids is 1. The van der Waals surface area contributed by atoms with Gasteiger partial charge in [-0.15, -0.1) is 0 Å². The molecule has 4 aliphatic rings. The summed E-state index contributed by atoms with van der Waals surface area (Å²) in [6.07, 6.45) is 3.59. The standard InChI is InChI=1S/C30H40N2O10/c1-28-11-9-17(33)13-16(28)3-4-18-19-10-12-30(41,29(19,2)14-21(34)26(18)28)22(35)15-42-25(38)8-7-24(37)32-20(27(39)40)5-6-23(31)36/h13,18-20,26,41H,3-12,14-15H2,1-2H3,(H2,31,36)(H,32,37)(H,39,40). The summed E-state index contributed by atoms with van der Waals surface area (Å²) in [4.78, 5) is 85.7. The van der Waals surface area contributed by atoms with Crippen molar-refractivity contribution in [2.75, 3.05) is 6.61 Å². The zero-order valence-electron chi connectivity index (χ0n) is 24.1. The molecule has 12 heteroatoms. The van der Waals surface area contributed by atoms with Gasteiger partial charge in [0.1, 0.15) is 17.4 Å². The number of amides is 2. The summed E-state index contributed by atoms with van der Waals surface area (Å²) >= 11 is 0. The third-order valence-electron chi connectivity index (χ3n) is 10.5. The molecular formula is C30H40N2O10. The Labute approximate surface area is 243 Å². The number of nitrogens with one attached hydrogen (secondary N) is 1. The molecular weight excluding hydrogens is 548 g/mol. The fraction of sp³-hybridized carbons (Fsp3) is 0.700. The van der Waals surface area contributed by atoms with Gasteiger partial charge >= 0.3 is 11.9 Å². The van der Waals surface area contributed by atoms with Gasteiger partial charge in [0.05, 0.1) is 6.42 Å². The highest BCUT2D eigenvalue weighted by Gasteiger charge is 2.68. The lowest BCUT2D eigenvalue weighted by atomic mass is 9.46. The molecule has 0 aromatic carbocycles. The molecule has 5 N–H and O–H groups in total. The van der Waals surface area contributed by atoms with Gasteiger partial charge in [-0.2, -0.15) is 0 Å². The molecule has 42 heavy (non-hydrogen) atoms. The van der Waals surface area contributed by atoms with E-state index in [1.54, 1.807) is 13.0 Å². The van der Waals surface area contributed by atoms with E-state index < -0.39 is 71.5 Å². The minimum Gasteiger partial charge on any atom is -0.480 e. The summed E-state index contributed by atoms with van der Waals surface area (Å²) in [5.74, 6) is -4.67. The largest absolute Gasteiger partial charge is 0.480 e. The predicted molar refractivity (Wildman–Crippen MR) is 145 cm³/mol. The van der Waals surface area contributed by atoms with Crippen LogP contribution in [0, 0.1) is 28.6 Å². The van der Waals surface area contributed by atoms with Crippen molar-refractivity contribution in [2.45, 2.75) is 96.1 Å². The van der Waals surface area contributed by atoms with E-state index in [9.17, 15) is 43.8 Å². The number of allylic oxidation sites excluding steroid dienone is 1. The van der Waals surface area contributed by atoms with Gasteiger partial charge in [0.25, 0.3) is 0 Å². The van der Waals surface area contributed by atoms with Gasteiger partial charge in [-0.1, -0.05) is 19.4 Å². The molecule has 0 aromatic heterocycles. The molecule has 0 spiro atoms. The number of rotatable bonds is 11. The van der Waals surface area contributed by atoms with Crippen molar-refractivity contribution in [3.05, 3.63) is 11.6 Å². The van der Waals surface area contributed by atoms with Gasteiger partial charge < -0.3 is 26.0 Å². The van der Waals surface area contributed by atoms with Crippen LogP contribution in [-0.4, -0.2) is 69.6 Å². The number of Topliss-reactive ketones (excluding diaryl/α,β-unsaturated/α-hetero) is 2. The number of hydrogen-bond acceptors (Lipinski definition) is 9. The quantitative estimate of drug-likeness (QED) is 0.253. The molecule has 0 aliphatic heterocycles. The molecule has 2 amide bonds. The molecule has 0 bridgehead atoms. The van der Waals surface area contributed by atoms with Crippen molar-refractivity contribution >= 4 is 41.1 Å². The van der Waals surface area contributed by atoms with Crippen LogP contribution in [0.3, 0.4) is 0 Å². The number of ketones is 3. The number of nitrogens with two attached hydrogens (primary N) is 1. The highest BCUT2D eigenvalue weighted by atomic mass is 16.5. The minimum atomic E-state index is -1.86. The second kappa shape index (κ2) is 11.7. The second-order valence-electron chi connectivity index (χ2n) is 12.8. The van der Waals surface area contributed by atoms with E-state index in [1.807, 2.05) is 0 Å². The Morgan fingerprint density at radius 3 is 2.45 bits per heavy atom. The Bertz CT molecular complexity index is 1240. The summed E-state index contributed by atoms with van der Waals surface area (Å²) in [6, 6.07) is -1.35. The van der Waals surface area contributed by atoms with E-state index in [1.165, 1.54) is 0 Å². The van der Waals surface area contributed by atoms with Crippen molar-refractivity contribution < 1.29 is 48.5 Å². The van der Waals surface area contributed by atoms with Gasteiger partial charge in [0.15, 0.2) is 12.4 Å². The normalized spacial score (nSPS) is 34.3. The van der Waals surface area contributed by atoms with Crippen molar-refractivity contribution in [1.29, 1.82) is 0 Å². The van der Waals surface area contributed by atoms with Crippen LogP contribution in [0.4, 0.5) is 0 Å². The number of esters is 1. The third-order valence-corrected chi connectivity index (χ3v) is 10.5. The van der Waals surface area contributed by atoms with Crippen LogP contribution in [-0.2, 0) is 38.3 Å². The van der Waals surface area contributed by atoms with Gasteiger partial charge in [-0.25, -0.2) is 4.79 Å². The number of carboxylic acid groups (broad SMARTS) is 1. The van der Waals surface area contributed by atoms with E-state index in [2.05, 4.69) is 12.2 Å². The van der Waals surface area contributed by atoms with Gasteiger partial charge in [0.2, 0.25) is 17.6 Å². The first-order valence-electron chi connectivity index (χ1n) is 14.6. The van der Waals surface area contributed by atoms with Crippen LogP contribution in [0.15, 0.2) is 11.6 Å². The number of ether oxygens (including phenoxy) is 1. The molecule has 3 saturated carbocycles. The minimum absolute atomic E-state index is 0.00664. The lowest BCUT2D eigenvalue weighted by molar-refractivity contribution is -0.173. The first-order valence-corrected chi connectivity index (χ1v) is 14.6. The average Bonchev–Trinajstić information content (AvgIpc) is 3.19. The fourth-order valence-corrected chi connectivity index (χ4v) is 8.21. The number of carbonyl (C=O) groups is 7. The Hall–Kier alpha value is -3.41. The molecule has 7 atom stereocenters. The number of primary amides is 1. The summed E-state index contributed by atoms with van der Waals surface area (Å²) in [6.45, 7) is 3.13. The van der Waals surface area contributed by atoms with Crippen LogP contribution in [0.1, 0.15) is 84.5 Å². The van der Waals surface area contributed by atoms with Crippen LogP contribution in [0.5, 0.6) is 0 Å². The zero-order valence-corrected chi connectivity index (χ0v) is 24.1. The van der Waals surface area contributed by atoms with Crippen LogP contribution in [0.25, 0.3) is 0 Å². The first-order chi connectivity index (χ1) is 19.6. The topological polar surface area (TPSA) is 207 Å². The molecule has 230 valence electrons. The maximum absolute atomic E-state index is 13.7. The summed E-state index contributed by atoms with van der Waals surface area (Å²) in [5.41, 5.74) is 2.78. The van der Waals surface area contributed by atoms with E-state index in [0.29, 0.717) is 32.1 Å². The van der Waals surface area contributed by atoms with Crippen LogP contribution >= 0.6 is 0 Å². The maximum atomic E-state index is 13.7.